The number of ether oxygens (including phenoxy) is 3. The van der Waals surface area contributed by atoms with Gasteiger partial charge in [0.05, 0.1) is 39.2 Å². The average molecular weight is 375 g/mol. The number of aliphatic hydroxyl groups is 1. The predicted octanol–water partition coefficient (Wildman–Crippen LogP) is 1.99. The molecule has 0 spiro atoms. The van der Waals surface area contributed by atoms with E-state index in [-0.39, 0.29) is 18.8 Å². The lowest BCUT2D eigenvalue weighted by Crippen LogP contribution is -2.46. The average Bonchev–Trinajstić information content (AvgIpc) is 2.93. The number of morpholine rings is 1. The molecule has 0 bridgehead atoms. The SMILES string of the molecule is COc1ccc([C@@H]2[C@@H](CO)OCCN2Cc2c(C)nn(C)c2C)cc1OC. The highest BCUT2D eigenvalue weighted by atomic mass is 16.5. The van der Waals surface area contributed by atoms with Gasteiger partial charge < -0.3 is 19.3 Å². The van der Waals surface area contributed by atoms with Crippen molar-refractivity contribution in [2.75, 3.05) is 34.0 Å². The molecule has 27 heavy (non-hydrogen) atoms. The highest BCUT2D eigenvalue weighted by molar-refractivity contribution is 5.44. The van der Waals surface area contributed by atoms with Crippen LogP contribution in [0.3, 0.4) is 0 Å². The van der Waals surface area contributed by atoms with E-state index in [2.05, 4.69) is 16.9 Å². The third-order valence-corrected chi connectivity index (χ3v) is 5.41. The molecule has 0 radical (unpaired) electrons. The minimum atomic E-state index is -0.297. The molecule has 1 N–H and O–H groups in total. The standard InChI is InChI=1S/C20H29N3O4/c1-13-16(14(2)22(3)21-13)11-23-8-9-27-19(12-24)20(23)15-6-7-17(25-4)18(10-15)26-5/h6-7,10,19-20,24H,8-9,11-12H2,1-5H3/t19-,20-/m1/s1. The maximum atomic E-state index is 9.92. The molecule has 1 saturated heterocycles. The minimum Gasteiger partial charge on any atom is -0.493 e. The van der Waals surface area contributed by atoms with Crippen molar-refractivity contribution in [2.24, 2.45) is 7.05 Å². The van der Waals surface area contributed by atoms with Crippen molar-refractivity contribution in [1.82, 2.24) is 14.7 Å². The summed E-state index contributed by atoms with van der Waals surface area (Å²) in [6.45, 7) is 6.21. The molecule has 0 aliphatic carbocycles. The number of aryl methyl sites for hydroxylation is 2. The molecule has 1 aromatic carbocycles. The van der Waals surface area contributed by atoms with Gasteiger partial charge in [0.25, 0.3) is 0 Å². The first-order chi connectivity index (χ1) is 13.0. The van der Waals surface area contributed by atoms with Crippen LogP contribution in [0.2, 0.25) is 0 Å². The number of rotatable bonds is 6. The molecular formula is C20H29N3O4. The quantitative estimate of drug-likeness (QED) is 0.833. The number of nitrogens with zero attached hydrogens (tertiary/aromatic N) is 3. The fraction of sp³-hybridized carbons (Fsp3) is 0.550. The van der Waals surface area contributed by atoms with Crippen LogP contribution in [0.15, 0.2) is 18.2 Å². The van der Waals surface area contributed by atoms with E-state index in [0.29, 0.717) is 18.1 Å². The van der Waals surface area contributed by atoms with Gasteiger partial charge in [-0.2, -0.15) is 5.10 Å². The van der Waals surface area contributed by atoms with Gasteiger partial charge in [-0.1, -0.05) is 6.07 Å². The highest BCUT2D eigenvalue weighted by Crippen LogP contribution is 2.36. The van der Waals surface area contributed by atoms with Crippen LogP contribution in [-0.4, -0.2) is 59.9 Å². The van der Waals surface area contributed by atoms with E-state index in [1.807, 2.05) is 36.9 Å². The lowest BCUT2D eigenvalue weighted by molar-refractivity contribution is -0.0961. The third-order valence-electron chi connectivity index (χ3n) is 5.41. The van der Waals surface area contributed by atoms with Gasteiger partial charge in [-0.15, -0.1) is 0 Å². The Balaban J connectivity index is 1.97. The van der Waals surface area contributed by atoms with Gasteiger partial charge in [-0.3, -0.25) is 9.58 Å². The maximum Gasteiger partial charge on any atom is 0.161 e. The first-order valence-corrected chi connectivity index (χ1v) is 9.17. The van der Waals surface area contributed by atoms with Crippen molar-refractivity contribution in [2.45, 2.75) is 32.5 Å². The van der Waals surface area contributed by atoms with Crippen molar-refractivity contribution in [3.63, 3.8) is 0 Å². The van der Waals surface area contributed by atoms with E-state index in [9.17, 15) is 5.11 Å². The molecule has 1 fully saturated rings. The normalized spacial score (nSPS) is 20.7. The molecule has 2 heterocycles. The summed E-state index contributed by atoms with van der Waals surface area (Å²) in [5.41, 5.74) is 4.45. The molecule has 7 heteroatoms. The zero-order valence-corrected chi connectivity index (χ0v) is 16.7. The molecule has 0 unspecified atom stereocenters. The second-order valence-corrected chi connectivity index (χ2v) is 6.89. The fourth-order valence-corrected chi connectivity index (χ4v) is 3.83. The summed E-state index contributed by atoms with van der Waals surface area (Å²) in [6, 6.07) is 5.80. The van der Waals surface area contributed by atoms with Gasteiger partial charge in [0.2, 0.25) is 0 Å². The van der Waals surface area contributed by atoms with E-state index >= 15 is 0 Å². The predicted molar refractivity (Wildman–Crippen MR) is 102 cm³/mol. The van der Waals surface area contributed by atoms with Gasteiger partial charge in [0, 0.05) is 31.4 Å². The van der Waals surface area contributed by atoms with Crippen molar-refractivity contribution in [1.29, 1.82) is 0 Å². The number of aromatic nitrogens is 2. The van der Waals surface area contributed by atoms with Gasteiger partial charge in [-0.25, -0.2) is 0 Å². The van der Waals surface area contributed by atoms with Gasteiger partial charge in [0.15, 0.2) is 11.5 Å². The largest absolute Gasteiger partial charge is 0.493 e. The van der Waals surface area contributed by atoms with Crippen molar-refractivity contribution in [3.8, 4) is 11.5 Å². The summed E-state index contributed by atoms with van der Waals surface area (Å²) in [5.74, 6) is 1.36. The number of aliphatic hydroxyl groups excluding tert-OH is 1. The lowest BCUT2D eigenvalue weighted by atomic mass is 9.97. The first kappa shape index (κ1) is 19.7. The zero-order chi connectivity index (χ0) is 19.6. The topological polar surface area (TPSA) is 69.0 Å². The van der Waals surface area contributed by atoms with Crippen LogP contribution in [0, 0.1) is 13.8 Å². The number of methoxy groups -OCH3 is 2. The number of hydrogen-bond donors (Lipinski definition) is 1. The summed E-state index contributed by atoms with van der Waals surface area (Å²) in [7, 11) is 5.22. The van der Waals surface area contributed by atoms with Gasteiger partial charge in [0.1, 0.15) is 6.10 Å². The highest BCUT2D eigenvalue weighted by Gasteiger charge is 2.34. The summed E-state index contributed by atoms with van der Waals surface area (Å²) < 4.78 is 18.6. The molecule has 148 valence electrons. The summed E-state index contributed by atoms with van der Waals surface area (Å²) >= 11 is 0. The summed E-state index contributed by atoms with van der Waals surface area (Å²) in [6.07, 6.45) is -0.297. The molecule has 0 saturated carbocycles. The van der Waals surface area contributed by atoms with Gasteiger partial charge >= 0.3 is 0 Å². The van der Waals surface area contributed by atoms with E-state index in [1.165, 1.54) is 5.56 Å². The van der Waals surface area contributed by atoms with Crippen LogP contribution in [0.5, 0.6) is 11.5 Å². The van der Waals surface area contributed by atoms with E-state index in [0.717, 1.165) is 30.0 Å². The van der Waals surface area contributed by atoms with E-state index in [1.54, 1.807) is 14.2 Å². The molecule has 3 rings (SSSR count). The molecular weight excluding hydrogens is 346 g/mol. The number of hydrogen-bond acceptors (Lipinski definition) is 6. The third kappa shape index (κ3) is 3.81. The van der Waals surface area contributed by atoms with Crippen LogP contribution in [0.4, 0.5) is 0 Å². The van der Waals surface area contributed by atoms with E-state index < -0.39 is 0 Å². The number of benzene rings is 1. The monoisotopic (exact) mass is 375 g/mol. The van der Waals surface area contributed by atoms with Crippen molar-refractivity contribution >= 4 is 0 Å². The second kappa shape index (κ2) is 8.29. The smallest absolute Gasteiger partial charge is 0.161 e. The Morgan fingerprint density at radius 1 is 1.22 bits per heavy atom. The Morgan fingerprint density at radius 3 is 2.56 bits per heavy atom. The van der Waals surface area contributed by atoms with E-state index in [4.69, 9.17) is 14.2 Å². The van der Waals surface area contributed by atoms with Crippen LogP contribution in [0.1, 0.15) is 28.6 Å². The fourth-order valence-electron chi connectivity index (χ4n) is 3.83. The van der Waals surface area contributed by atoms with Crippen LogP contribution in [-0.2, 0) is 18.3 Å². The molecule has 1 aliphatic heterocycles. The van der Waals surface area contributed by atoms with Gasteiger partial charge in [-0.05, 0) is 31.5 Å². The molecule has 2 atom stereocenters. The molecule has 2 aromatic rings. The Morgan fingerprint density at radius 2 is 1.96 bits per heavy atom. The zero-order valence-electron chi connectivity index (χ0n) is 16.7. The molecule has 1 aromatic heterocycles. The second-order valence-electron chi connectivity index (χ2n) is 6.89. The first-order valence-electron chi connectivity index (χ1n) is 9.17. The molecule has 7 nitrogen and oxygen atoms in total. The molecule has 0 amide bonds. The minimum absolute atomic E-state index is 0.0412. The lowest BCUT2D eigenvalue weighted by Gasteiger charge is -2.41. The Kier molecular flexibility index (Phi) is 6.04. The van der Waals surface area contributed by atoms with Crippen molar-refractivity contribution in [3.05, 3.63) is 40.7 Å². The maximum absolute atomic E-state index is 9.92. The molecule has 1 aliphatic rings. The van der Waals surface area contributed by atoms with Crippen LogP contribution >= 0.6 is 0 Å². The van der Waals surface area contributed by atoms with Crippen LogP contribution < -0.4 is 9.47 Å². The Labute approximate surface area is 160 Å². The van der Waals surface area contributed by atoms with Crippen molar-refractivity contribution < 1.29 is 19.3 Å². The summed E-state index contributed by atoms with van der Waals surface area (Å²) in [4.78, 5) is 2.35. The summed E-state index contributed by atoms with van der Waals surface area (Å²) in [5, 5.41) is 14.5. The Hall–Kier alpha value is -2.09. The Bertz CT molecular complexity index is 790. The van der Waals surface area contributed by atoms with Crippen LogP contribution in [0.25, 0.3) is 0 Å².